The molecule has 0 bridgehead atoms. The molecule has 1 aliphatic rings. The van der Waals surface area contributed by atoms with Crippen molar-refractivity contribution in [1.29, 1.82) is 0 Å². The van der Waals surface area contributed by atoms with Gasteiger partial charge in [-0.15, -0.1) is 6.58 Å². The summed E-state index contributed by atoms with van der Waals surface area (Å²) in [7, 11) is 0. The molecule has 1 aliphatic heterocycles. The zero-order valence-electron chi connectivity index (χ0n) is 29.1. The van der Waals surface area contributed by atoms with Crippen LogP contribution < -0.4 is 0 Å². The number of hydrogen-bond acceptors (Lipinski definition) is 5. The highest BCUT2D eigenvalue weighted by Crippen LogP contribution is 2.38. The van der Waals surface area contributed by atoms with Gasteiger partial charge >= 0.3 is 0 Å². The first-order valence-electron chi connectivity index (χ1n) is 17.8. The molecule has 0 radical (unpaired) electrons. The monoisotopic (exact) mass is 702 g/mol. The molecule has 0 saturated carbocycles. The predicted molar refractivity (Wildman–Crippen MR) is 204 cm³/mol. The van der Waals surface area contributed by atoms with E-state index in [1.807, 2.05) is 60.7 Å². The van der Waals surface area contributed by atoms with Crippen LogP contribution >= 0.6 is 11.6 Å². The molecule has 5 aromatic rings. The van der Waals surface area contributed by atoms with Gasteiger partial charge in [-0.1, -0.05) is 145 Å². The fraction of sp³-hybridized carbons (Fsp3) is 0.289. The number of halogens is 1. The van der Waals surface area contributed by atoms with E-state index in [2.05, 4.69) is 79.4 Å². The smallest absolute Gasteiger partial charge is 0.114 e. The maximum Gasteiger partial charge on any atom is 0.114 e. The summed E-state index contributed by atoms with van der Waals surface area (Å²) in [6.07, 6.45) is 2.77. The van der Waals surface area contributed by atoms with Gasteiger partial charge in [0.05, 0.1) is 51.8 Å². The second-order valence-corrected chi connectivity index (χ2v) is 13.4. The van der Waals surface area contributed by atoms with Crippen LogP contribution in [-0.2, 0) is 56.3 Å². The maximum absolute atomic E-state index is 6.92. The third kappa shape index (κ3) is 11.2. The normalized spacial score (nSPS) is 18.8. The van der Waals surface area contributed by atoms with Gasteiger partial charge in [0, 0.05) is 11.4 Å². The molecule has 1 heterocycles. The lowest BCUT2D eigenvalue weighted by atomic mass is 9.91. The third-order valence-corrected chi connectivity index (χ3v) is 9.46. The van der Waals surface area contributed by atoms with E-state index >= 15 is 0 Å². The minimum atomic E-state index is -0.400. The van der Waals surface area contributed by atoms with Gasteiger partial charge in [-0.3, -0.25) is 0 Å². The molecule has 0 aromatic heterocycles. The molecule has 4 unspecified atom stereocenters. The molecule has 5 nitrogen and oxygen atoms in total. The SMILES string of the molecule is C=CCOCCc1ccc(Cc2cc(C3OC(COCc4ccccc4)CC(OCc4ccccc4)C3OCc3ccccc3)ccc2Cl)cc1. The first-order chi connectivity index (χ1) is 25.1. The molecule has 51 heavy (non-hydrogen) atoms. The second kappa shape index (κ2) is 19.5. The van der Waals surface area contributed by atoms with Crippen LogP contribution in [0.4, 0.5) is 0 Å². The Kier molecular flexibility index (Phi) is 14.0. The van der Waals surface area contributed by atoms with E-state index in [9.17, 15) is 0 Å². The predicted octanol–water partition coefficient (Wildman–Crippen LogP) is 9.89. The van der Waals surface area contributed by atoms with Crippen molar-refractivity contribution in [1.82, 2.24) is 0 Å². The van der Waals surface area contributed by atoms with Crippen LogP contribution in [0, 0.1) is 0 Å². The Bertz CT molecular complexity index is 1750. The van der Waals surface area contributed by atoms with Gasteiger partial charge in [0.1, 0.15) is 12.2 Å². The van der Waals surface area contributed by atoms with Gasteiger partial charge in [0.25, 0.3) is 0 Å². The lowest BCUT2D eigenvalue weighted by molar-refractivity contribution is -0.219. The van der Waals surface area contributed by atoms with Crippen molar-refractivity contribution < 1.29 is 23.7 Å². The molecule has 264 valence electrons. The van der Waals surface area contributed by atoms with Gasteiger partial charge in [-0.05, 0) is 57.9 Å². The minimum absolute atomic E-state index is 0.196. The van der Waals surface area contributed by atoms with Crippen molar-refractivity contribution >= 4 is 11.6 Å². The molecule has 0 amide bonds. The number of hydrogen-bond donors (Lipinski definition) is 0. The first-order valence-corrected chi connectivity index (χ1v) is 18.2. The molecule has 6 rings (SSSR count). The molecular formula is C45H47ClO5. The molecular weight excluding hydrogens is 656 g/mol. The van der Waals surface area contributed by atoms with Crippen molar-refractivity contribution in [2.24, 2.45) is 0 Å². The third-order valence-electron chi connectivity index (χ3n) is 9.09. The van der Waals surface area contributed by atoms with Crippen molar-refractivity contribution in [2.45, 2.75) is 63.5 Å². The summed E-state index contributed by atoms with van der Waals surface area (Å²) in [6.45, 7) is 6.82. The molecule has 5 aromatic carbocycles. The molecule has 6 heteroatoms. The molecule has 4 atom stereocenters. The van der Waals surface area contributed by atoms with Crippen LogP contribution in [0.15, 0.2) is 146 Å². The average molecular weight is 703 g/mol. The maximum atomic E-state index is 6.92. The van der Waals surface area contributed by atoms with Crippen LogP contribution in [0.2, 0.25) is 5.02 Å². The van der Waals surface area contributed by atoms with Gasteiger partial charge in [0.15, 0.2) is 0 Å². The first kappa shape index (κ1) is 36.7. The quantitative estimate of drug-likeness (QED) is 0.0672. The Hall–Kier alpha value is -4.07. The Balaban J connectivity index is 1.24. The fourth-order valence-corrected chi connectivity index (χ4v) is 6.58. The Morgan fingerprint density at radius 3 is 1.92 bits per heavy atom. The molecule has 0 aliphatic carbocycles. The van der Waals surface area contributed by atoms with Gasteiger partial charge in [-0.2, -0.15) is 0 Å². The van der Waals surface area contributed by atoms with Crippen LogP contribution in [0.1, 0.15) is 51.5 Å². The van der Waals surface area contributed by atoms with Gasteiger partial charge < -0.3 is 23.7 Å². The Morgan fingerprint density at radius 1 is 0.667 bits per heavy atom. The summed E-state index contributed by atoms with van der Waals surface area (Å²) in [5.74, 6) is 0. The van der Waals surface area contributed by atoms with Gasteiger partial charge in [0.2, 0.25) is 0 Å². The number of ether oxygens (including phenoxy) is 5. The molecule has 0 N–H and O–H groups in total. The second-order valence-electron chi connectivity index (χ2n) is 13.0. The van der Waals surface area contributed by atoms with Crippen LogP contribution in [-0.4, -0.2) is 38.1 Å². The van der Waals surface area contributed by atoms with E-state index < -0.39 is 6.10 Å². The summed E-state index contributed by atoms with van der Waals surface area (Å²) in [5, 5.41) is 0.720. The lowest BCUT2D eigenvalue weighted by Gasteiger charge is -2.42. The number of rotatable bonds is 18. The summed E-state index contributed by atoms with van der Waals surface area (Å²) in [5.41, 5.74) is 7.79. The summed E-state index contributed by atoms with van der Waals surface area (Å²) < 4.78 is 32.2. The van der Waals surface area contributed by atoms with E-state index in [1.54, 1.807) is 6.08 Å². The highest BCUT2D eigenvalue weighted by Gasteiger charge is 2.41. The summed E-state index contributed by atoms with van der Waals surface area (Å²) >= 11 is 6.85. The van der Waals surface area contributed by atoms with Crippen molar-refractivity contribution in [2.75, 3.05) is 19.8 Å². The Labute approximate surface area is 307 Å². The number of benzene rings is 5. The fourth-order valence-electron chi connectivity index (χ4n) is 6.40. The molecule has 0 spiro atoms. The zero-order valence-corrected chi connectivity index (χ0v) is 29.8. The van der Waals surface area contributed by atoms with Crippen LogP contribution in [0.5, 0.6) is 0 Å². The zero-order chi connectivity index (χ0) is 35.1. The summed E-state index contributed by atoms with van der Waals surface area (Å²) in [6, 6.07) is 45.6. The van der Waals surface area contributed by atoms with E-state index in [1.165, 1.54) is 11.1 Å². The van der Waals surface area contributed by atoms with Crippen molar-refractivity contribution in [3.8, 4) is 0 Å². The van der Waals surface area contributed by atoms with Crippen molar-refractivity contribution in [3.05, 3.63) is 190 Å². The minimum Gasteiger partial charge on any atom is -0.377 e. The largest absolute Gasteiger partial charge is 0.377 e. The van der Waals surface area contributed by atoms with Crippen LogP contribution in [0.25, 0.3) is 0 Å². The Morgan fingerprint density at radius 2 is 1.27 bits per heavy atom. The topological polar surface area (TPSA) is 46.2 Å². The summed E-state index contributed by atoms with van der Waals surface area (Å²) in [4.78, 5) is 0. The highest BCUT2D eigenvalue weighted by atomic mass is 35.5. The average Bonchev–Trinajstić information content (AvgIpc) is 3.18. The van der Waals surface area contributed by atoms with Crippen LogP contribution in [0.3, 0.4) is 0 Å². The molecule has 1 fully saturated rings. The standard InChI is InChI=1S/C45H47ClO5/c1-2-25-47-26-24-34-18-20-35(21-19-34)27-40-28-39(22-23-42(40)46)44-45(50-32-38-16-10-5-11-17-38)43(49-31-37-14-8-4-9-15-37)29-41(51-44)33-48-30-36-12-6-3-7-13-36/h2-23,28,41,43-45H,1,24-27,29-33H2. The van der Waals surface area contributed by atoms with E-state index in [0.717, 1.165) is 39.3 Å². The van der Waals surface area contributed by atoms with Crippen molar-refractivity contribution in [3.63, 3.8) is 0 Å². The van der Waals surface area contributed by atoms with Gasteiger partial charge in [-0.25, -0.2) is 0 Å². The highest BCUT2D eigenvalue weighted by molar-refractivity contribution is 6.31. The molecule has 1 saturated heterocycles. The van der Waals surface area contributed by atoms with E-state index in [0.29, 0.717) is 52.5 Å². The van der Waals surface area contributed by atoms with E-state index in [-0.39, 0.29) is 18.3 Å². The lowest BCUT2D eigenvalue weighted by Crippen LogP contribution is -2.47. The van der Waals surface area contributed by atoms with E-state index in [4.69, 9.17) is 35.3 Å².